The second-order valence-corrected chi connectivity index (χ2v) is 3.71. The molecule has 7 heteroatoms. The zero-order valence-electron chi connectivity index (χ0n) is 10.6. The standard InChI is InChI=1S/C11H16N4O3/c1-4-18-10(16)6-8(3)13-15-11(17)9-5-7(2)12-14-9/h5H,4,6H2,1-3H3,(H,12,14)(H,15,17)/b13-8+. The normalized spacial score (nSPS) is 11.2. The smallest absolute Gasteiger partial charge is 0.311 e. The van der Waals surface area contributed by atoms with E-state index in [0.717, 1.165) is 5.69 Å². The Bertz CT molecular complexity index is 465. The SMILES string of the molecule is CCOC(=O)C/C(C)=N/NC(=O)c1cc(C)[nH]n1. The fourth-order valence-electron chi connectivity index (χ4n) is 1.20. The number of hydrogen-bond donors (Lipinski definition) is 2. The Morgan fingerprint density at radius 2 is 2.28 bits per heavy atom. The Balaban J connectivity index is 2.48. The van der Waals surface area contributed by atoms with E-state index in [4.69, 9.17) is 4.74 Å². The van der Waals surface area contributed by atoms with Gasteiger partial charge in [0.1, 0.15) is 0 Å². The van der Waals surface area contributed by atoms with Crippen molar-refractivity contribution in [2.24, 2.45) is 5.10 Å². The molecule has 1 aromatic rings. The van der Waals surface area contributed by atoms with Crippen molar-refractivity contribution in [3.05, 3.63) is 17.5 Å². The molecule has 7 nitrogen and oxygen atoms in total. The first-order valence-electron chi connectivity index (χ1n) is 5.54. The summed E-state index contributed by atoms with van der Waals surface area (Å²) in [6, 6.07) is 1.60. The van der Waals surface area contributed by atoms with Crippen LogP contribution in [0.4, 0.5) is 0 Å². The van der Waals surface area contributed by atoms with Crippen molar-refractivity contribution in [1.82, 2.24) is 15.6 Å². The summed E-state index contributed by atoms with van der Waals surface area (Å²) in [4.78, 5) is 22.7. The number of H-pyrrole nitrogens is 1. The van der Waals surface area contributed by atoms with Crippen molar-refractivity contribution in [3.8, 4) is 0 Å². The van der Waals surface area contributed by atoms with Gasteiger partial charge in [-0.15, -0.1) is 0 Å². The van der Waals surface area contributed by atoms with Crippen LogP contribution in [0.25, 0.3) is 0 Å². The van der Waals surface area contributed by atoms with Gasteiger partial charge in [-0.1, -0.05) is 0 Å². The average molecular weight is 252 g/mol. The first-order valence-corrected chi connectivity index (χ1v) is 5.54. The van der Waals surface area contributed by atoms with Crippen molar-refractivity contribution in [2.75, 3.05) is 6.61 Å². The number of amides is 1. The third-order valence-corrected chi connectivity index (χ3v) is 1.99. The lowest BCUT2D eigenvalue weighted by atomic mass is 10.3. The molecule has 0 radical (unpaired) electrons. The van der Waals surface area contributed by atoms with Crippen LogP contribution in [0.2, 0.25) is 0 Å². The molecule has 1 rings (SSSR count). The molecule has 0 aliphatic heterocycles. The maximum absolute atomic E-state index is 11.6. The van der Waals surface area contributed by atoms with Gasteiger partial charge >= 0.3 is 5.97 Å². The number of aromatic amines is 1. The minimum absolute atomic E-state index is 0.0493. The predicted molar refractivity (Wildman–Crippen MR) is 65.1 cm³/mol. The summed E-state index contributed by atoms with van der Waals surface area (Å²) in [5, 5.41) is 10.2. The summed E-state index contributed by atoms with van der Waals surface area (Å²) in [6.45, 7) is 5.48. The number of esters is 1. The maximum atomic E-state index is 11.6. The molecule has 0 unspecified atom stereocenters. The number of hydrazone groups is 1. The third-order valence-electron chi connectivity index (χ3n) is 1.99. The highest BCUT2D eigenvalue weighted by atomic mass is 16.5. The lowest BCUT2D eigenvalue weighted by molar-refractivity contribution is -0.141. The summed E-state index contributed by atoms with van der Waals surface area (Å²) < 4.78 is 4.76. The van der Waals surface area contributed by atoms with Gasteiger partial charge in [-0.25, -0.2) is 5.43 Å². The number of carbonyl (C=O) groups excluding carboxylic acids is 2. The van der Waals surface area contributed by atoms with E-state index in [-0.39, 0.29) is 18.1 Å². The van der Waals surface area contributed by atoms with E-state index in [2.05, 4.69) is 20.7 Å². The zero-order chi connectivity index (χ0) is 13.5. The minimum atomic E-state index is -0.428. The number of aryl methyl sites for hydroxylation is 1. The molecule has 1 amide bonds. The molecular weight excluding hydrogens is 236 g/mol. The Labute approximate surface area is 105 Å². The second kappa shape index (κ2) is 6.53. The monoisotopic (exact) mass is 252 g/mol. The largest absolute Gasteiger partial charge is 0.466 e. The molecule has 0 saturated carbocycles. The van der Waals surface area contributed by atoms with E-state index in [9.17, 15) is 9.59 Å². The van der Waals surface area contributed by atoms with Crippen molar-refractivity contribution in [3.63, 3.8) is 0 Å². The highest BCUT2D eigenvalue weighted by Gasteiger charge is 2.09. The maximum Gasteiger partial charge on any atom is 0.311 e. The van der Waals surface area contributed by atoms with Crippen LogP contribution >= 0.6 is 0 Å². The van der Waals surface area contributed by atoms with E-state index in [1.54, 1.807) is 26.8 Å². The summed E-state index contributed by atoms with van der Waals surface area (Å²) in [5.74, 6) is -0.800. The van der Waals surface area contributed by atoms with Gasteiger partial charge in [-0.05, 0) is 26.8 Å². The van der Waals surface area contributed by atoms with Gasteiger partial charge < -0.3 is 4.74 Å². The van der Waals surface area contributed by atoms with Gasteiger partial charge in [0, 0.05) is 11.4 Å². The summed E-state index contributed by atoms with van der Waals surface area (Å²) in [5.41, 5.74) is 3.82. The van der Waals surface area contributed by atoms with Crippen LogP contribution < -0.4 is 5.43 Å². The van der Waals surface area contributed by atoms with Crippen LogP contribution in [0.3, 0.4) is 0 Å². The fourth-order valence-corrected chi connectivity index (χ4v) is 1.20. The predicted octanol–water partition coefficient (Wildman–Crippen LogP) is 0.777. The Hall–Kier alpha value is -2.18. The Morgan fingerprint density at radius 3 is 2.83 bits per heavy atom. The molecule has 0 aliphatic carbocycles. The van der Waals surface area contributed by atoms with E-state index >= 15 is 0 Å². The molecule has 18 heavy (non-hydrogen) atoms. The number of nitrogens with zero attached hydrogens (tertiary/aromatic N) is 2. The zero-order valence-corrected chi connectivity index (χ0v) is 10.6. The van der Waals surface area contributed by atoms with Crippen molar-refractivity contribution in [2.45, 2.75) is 27.2 Å². The molecule has 0 atom stereocenters. The number of rotatable bonds is 5. The van der Waals surface area contributed by atoms with Gasteiger partial charge in [0.05, 0.1) is 13.0 Å². The van der Waals surface area contributed by atoms with Gasteiger partial charge in [0.2, 0.25) is 0 Å². The van der Waals surface area contributed by atoms with Crippen LogP contribution in [-0.2, 0) is 9.53 Å². The fraction of sp³-hybridized carbons (Fsp3) is 0.455. The van der Waals surface area contributed by atoms with E-state index in [1.807, 2.05) is 0 Å². The molecule has 0 bridgehead atoms. The van der Waals surface area contributed by atoms with Crippen LogP contribution in [0.15, 0.2) is 11.2 Å². The van der Waals surface area contributed by atoms with Crippen molar-refractivity contribution in [1.29, 1.82) is 0 Å². The summed E-state index contributed by atoms with van der Waals surface area (Å²) >= 11 is 0. The molecule has 0 fully saturated rings. The quantitative estimate of drug-likeness (QED) is 0.459. The van der Waals surface area contributed by atoms with Gasteiger partial charge in [-0.3, -0.25) is 14.7 Å². The molecule has 98 valence electrons. The number of ether oxygens (including phenoxy) is 1. The van der Waals surface area contributed by atoms with Gasteiger partial charge in [-0.2, -0.15) is 10.2 Å². The van der Waals surface area contributed by atoms with Crippen molar-refractivity contribution >= 4 is 17.6 Å². The van der Waals surface area contributed by atoms with Crippen LogP contribution in [0, 0.1) is 6.92 Å². The Morgan fingerprint density at radius 1 is 1.56 bits per heavy atom. The lowest BCUT2D eigenvalue weighted by Crippen LogP contribution is -2.20. The minimum Gasteiger partial charge on any atom is -0.466 e. The molecule has 0 aliphatic rings. The molecule has 1 aromatic heterocycles. The number of carbonyl (C=O) groups is 2. The second-order valence-electron chi connectivity index (χ2n) is 3.71. The molecule has 0 saturated heterocycles. The topological polar surface area (TPSA) is 96.4 Å². The van der Waals surface area contributed by atoms with Crippen LogP contribution in [0.5, 0.6) is 0 Å². The van der Waals surface area contributed by atoms with Gasteiger partial charge in [0.15, 0.2) is 5.69 Å². The lowest BCUT2D eigenvalue weighted by Gasteiger charge is -2.01. The first-order chi connectivity index (χ1) is 8.52. The molecule has 2 N–H and O–H groups in total. The summed E-state index contributed by atoms with van der Waals surface area (Å²) in [7, 11) is 0. The molecule has 1 heterocycles. The summed E-state index contributed by atoms with van der Waals surface area (Å²) in [6.07, 6.45) is 0.0493. The van der Waals surface area contributed by atoms with E-state index in [1.165, 1.54) is 0 Å². The van der Waals surface area contributed by atoms with Crippen LogP contribution in [0.1, 0.15) is 36.5 Å². The van der Waals surface area contributed by atoms with Crippen LogP contribution in [-0.4, -0.2) is 34.4 Å². The van der Waals surface area contributed by atoms with E-state index < -0.39 is 5.91 Å². The number of aromatic nitrogens is 2. The molecule has 0 aromatic carbocycles. The average Bonchev–Trinajstić information content (AvgIpc) is 2.73. The molecule has 0 spiro atoms. The van der Waals surface area contributed by atoms with Gasteiger partial charge in [0.25, 0.3) is 5.91 Å². The highest BCUT2D eigenvalue weighted by Crippen LogP contribution is 1.97. The number of nitrogens with one attached hydrogen (secondary N) is 2. The van der Waals surface area contributed by atoms with E-state index in [0.29, 0.717) is 12.3 Å². The van der Waals surface area contributed by atoms with Crippen molar-refractivity contribution < 1.29 is 14.3 Å². The Kier molecular flexibility index (Phi) is 5.04. The molecular formula is C11H16N4O3. The first kappa shape index (κ1) is 13.9. The number of hydrogen-bond acceptors (Lipinski definition) is 5. The highest BCUT2D eigenvalue weighted by molar-refractivity contribution is 5.99. The third kappa shape index (κ3) is 4.36.